The highest BCUT2D eigenvalue weighted by Gasteiger charge is 2.08. The number of aromatic nitrogens is 4. The Bertz CT molecular complexity index is 711. The van der Waals surface area contributed by atoms with Gasteiger partial charge in [0.1, 0.15) is 5.52 Å². The highest BCUT2D eigenvalue weighted by atomic mass is 79.9. The van der Waals surface area contributed by atoms with Crippen molar-refractivity contribution in [2.75, 3.05) is 5.32 Å². The fraction of sp³-hybridized carbons (Fsp3) is 0. The Morgan fingerprint density at radius 1 is 1.28 bits per heavy atom. The number of nitrogens with one attached hydrogen (secondary N) is 2. The third-order valence-corrected chi connectivity index (χ3v) is 3.01. The van der Waals surface area contributed by atoms with Crippen molar-refractivity contribution in [2.24, 2.45) is 0 Å². The fourth-order valence-electron chi connectivity index (χ4n) is 1.60. The number of hydrogen-bond donors (Lipinski definition) is 2. The van der Waals surface area contributed by atoms with E-state index >= 15 is 0 Å². The van der Waals surface area contributed by atoms with Gasteiger partial charge in [-0.1, -0.05) is 22.0 Å². The Balaban J connectivity index is 2.06. The van der Waals surface area contributed by atoms with Gasteiger partial charge in [0.15, 0.2) is 11.5 Å². The minimum atomic E-state index is 0.159. The molecule has 5 nitrogen and oxygen atoms in total. The van der Waals surface area contributed by atoms with E-state index in [0.717, 1.165) is 15.7 Å². The van der Waals surface area contributed by atoms with Crippen molar-refractivity contribution in [1.29, 1.82) is 0 Å². The first-order chi connectivity index (χ1) is 8.72. The predicted molar refractivity (Wildman–Crippen MR) is 74.1 cm³/mol. The number of hydrogen-bond acceptors (Lipinski definition) is 4. The van der Waals surface area contributed by atoms with E-state index in [-0.39, 0.29) is 5.28 Å². The molecule has 0 saturated carbocycles. The average molecular weight is 325 g/mol. The maximum atomic E-state index is 5.85. The number of halogens is 2. The zero-order chi connectivity index (χ0) is 12.5. The molecule has 2 heterocycles. The first-order valence-corrected chi connectivity index (χ1v) is 6.29. The summed E-state index contributed by atoms with van der Waals surface area (Å²) in [5.74, 6) is 0.598. The lowest BCUT2D eigenvalue weighted by Gasteiger charge is -2.06. The van der Waals surface area contributed by atoms with Crippen LogP contribution in [0, 0.1) is 0 Å². The van der Waals surface area contributed by atoms with Gasteiger partial charge in [-0.2, -0.15) is 9.97 Å². The van der Waals surface area contributed by atoms with Gasteiger partial charge in [0, 0.05) is 10.2 Å². The summed E-state index contributed by atoms with van der Waals surface area (Å²) in [6.45, 7) is 0. The second-order valence-electron chi connectivity index (χ2n) is 3.58. The number of benzene rings is 1. The van der Waals surface area contributed by atoms with Crippen molar-refractivity contribution in [2.45, 2.75) is 0 Å². The second-order valence-corrected chi connectivity index (χ2v) is 4.83. The van der Waals surface area contributed by atoms with Crippen molar-refractivity contribution in [1.82, 2.24) is 19.9 Å². The van der Waals surface area contributed by atoms with Gasteiger partial charge in [0.25, 0.3) is 0 Å². The molecule has 0 saturated heterocycles. The molecule has 0 fully saturated rings. The zero-order valence-electron chi connectivity index (χ0n) is 8.98. The highest BCUT2D eigenvalue weighted by Crippen LogP contribution is 2.24. The average Bonchev–Trinajstić information content (AvgIpc) is 2.77. The van der Waals surface area contributed by atoms with E-state index in [2.05, 4.69) is 41.2 Å². The number of imidazole rings is 1. The molecule has 18 heavy (non-hydrogen) atoms. The molecule has 0 bridgehead atoms. The molecule has 0 radical (unpaired) electrons. The summed E-state index contributed by atoms with van der Waals surface area (Å²) >= 11 is 9.27. The van der Waals surface area contributed by atoms with Crippen LogP contribution in [0.4, 0.5) is 11.5 Å². The van der Waals surface area contributed by atoms with E-state index in [0.29, 0.717) is 11.5 Å². The molecule has 0 atom stereocenters. The van der Waals surface area contributed by atoms with E-state index in [9.17, 15) is 0 Å². The number of nitrogens with zero attached hydrogens (tertiary/aromatic N) is 3. The Labute approximate surface area is 116 Å². The Hall–Kier alpha value is -1.66. The van der Waals surface area contributed by atoms with Crippen LogP contribution in [0.3, 0.4) is 0 Å². The van der Waals surface area contributed by atoms with E-state index in [1.807, 2.05) is 24.3 Å². The minimum Gasteiger partial charge on any atom is -0.340 e. The Kier molecular flexibility index (Phi) is 2.89. The Morgan fingerprint density at radius 2 is 2.17 bits per heavy atom. The first kappa shape index (κ1) is 11.4. The molecule has 3 rings (SSSR count). The van der Waals surface area contributed by atoms with Crippen LogP contribution in [0.15, 0.2) is 35.1 Å². The smallest absolute Gasteiger partial charge is 0.226 e. The van der Waals surface area contributed by atoms with Gasteiger partial charge in [-0.15, -0.1) is 0 Å². The standard InChI is InChI=1S/C11H7BrClN5/c12-6-2-1-3-7(4-6)16-10-8-9(15-5-14-8)17-11(13)18-10/h1-5H,(H2,14,15,16,17,18). The van der Waals surface area contributed by atoms with Gasteiger partial charge in [0.05, 0.1) is 6.33 Å². The summed E-state index contributed by atoms with van der Waals surface area (Å²) in [5.41, 5.74) is 2.15. The molecule has 1 aromatic carbocycles. The number of anilines is 2. The van der Waals surface area contributed by atoms with Crippen LogP contribution in [0.5, 0.6) is 0 Å². The largest absolute Gasteiger partial charge is 0.340 e. The summed E-state index contributed by atoms with van der Waals surface area (Å²) in [7, 11) is 0. The molecule has 0 aliphatic carbocycles. The highest BCUT2D eigenvalue weighted by molar-refractivity contribution is 9.10. The molecule has 0 aliphatic heterocycles. The summed E-state index contributed by atoms with van der Waals surface area (Å²) in [5, 5.41) is 3.34. The van der Waals surface area contributed by atoms with Crippen molar-refractivity contribution >= 4 is 50.2 Å². The van der Waals surface area contributed by atoms with Crippen LogP contribution in [-0.4, -0.2) is 19.9 Å². The molecule has 90 valence electrons. The van der Waals surface area contributed by atoms with Gasteiger partial charge < -0.3 is 10.3 Å². The molecular formula is C11H7BrClN5. The second kappa shape index (κ2) is 4.55. The first-order valence-electron chi connectivity index (χ1n) is 5.11. The molecular weight excluding hydrogens is 318 g/mol. The van der Waals surface area contributed by atoms with Crippen LogP contribution in [-0.2, 0) is 0 Å². The molecule has 0 spiro atoms. The van der Waals surface area contributed by atoms with Crippen LogP contribution in [0.2, 0.25) is 5.28 Å². The molecule has 2 N–H and O–H groups in total. The van der Waals surface area contributed by atoms with Crippen molar-refractivity contribution in [3.63, 3.8) is 0 Å². The topological polar surface area (TPSA) is 66.5 Å². The number of aromatic amines is 1. The summed E-state index contributed by atoms with van der Waals surface area (Å²) in [4.78, 5) is 15.2. The van der Waals surface area contributed by atoms with E-state index in [1.165, 1.54) is 0 Å². The van der Waals surface area contributed by atoms with Gasteiger partial charge in [-0.25, -0.2) is 4.98 Å². The maximum absolute atomic E-state index is 5.85. The molecule has 2 aromatic heterocycles. The summed E-state index contributed by atoms with van der Waals surface area (Å²) in [6.07, 6.45) is 1.56. The minimum absolute atomic E-state index is 0.159. The van der Waals surface area contributed by atoms with Gasteiger partial charge in [-0.3, -0.25) is 0 Å². The van der Waals surface area contributed by atoms with Gasteiger partial charge in [0.2, 0.25) is 5.28 Å². The lowest BCUT2D eigenvalue weighted by molar-refractivity contribution is 1.20. The van der Waals surface area contributed by atoms with E-state index < -0.39 is 0 Å². The maximum Gasteiger partial charge on any atom is 0.226 e. The Morgan fingerprint density at radius 3 is 3.00 bits per heavy atom. The van der Waals surface area contributed by atoms with Crippen molar-refractivity contribution in [3.05, 3.63) is 40.3 Å². The van der Waals surface area contributed by atoms with E-state index in [4.69, 9.17) is 11.6 Å². The van der Waals surface area contributed by atoms with Crippen LogP contribution < -0.4 is 5.32 Å². The van der Waals surface area contributed by atoms with Gasteiger partial charge >= 0.3 is 0 Å². The van der Waals surface area contributed by atoms with E-state index in [1.54, 1.807) is 6.33 Å². The quantitative estimate of drug-likeness (QED) is 0.708. The summed E-state index contributed by atoms with van der Waals surface area (Å²) < 4.78 is 0.980. The lowest BCUT2D eigenvalue weighted by atomic mass is 10.3. The third kappa shape index (κ3) is 2.16. The van der Waals surface area contributed by atoms with Gasteiger partial charge in [-0.05, 0) is 29.8 Å². The van der Waals surface area contributed by atoms with Crippen molar-refractivity contribution < 1.29 is 0 Å². The molecule has 0 aliphatic rings. The SMILES string of the molecule is Clc1nc(Nc2cccc(Br)c2)c2[nH]cnc2n1. The number of fused-ring (bicyclic) bond motifs is 1. The zero-order valence-corrected chi connectivity index (χ0v) is 11.3. The number of rotatable bonds is 2. The molecule has 3 aromatic rings. The van der Waals surface area contributed by atoms with Crippen LogP contribution in [0.25, 0.3) is 11.2 Å². The monoisotopic (exact) mass is 323 g/mol. The molecule has 0 amide bonds. The summed E-state index contributed by atoms with van der Waals surface area (Å²) in [6, 6.07) is 7.75. The van der Waals surface area contributed by atoms with Crippen LogP contribution >= 0.6 is 27.5 Å². The van der Waals surface area contributed by atoms with Crippen LogP contribution in [0.1, 0.15) is 0 Å². The normalized spacial score (nSPS) is 10.8. The molecule has 0 unspecified atom stereocenters. The van der Waals surface area contributed by atoms with Crippen molar-refractivity contribution in [3.8, 4) is 0 Å². The number of H-pyrrole nitrogens is 1. The predicted octanol–water partition coefficient (Wildman–Crippen LogP) is 3.51. The lowest BCUT2D eigenvalue weighted by Crippen LogP contribution is -1.97. The fourth-order valence-corrected chi connectivity index (χ4v) is 2.16. The molecule has 7 heteroatoms. The third-order valence-electron chi connectivity index (χ3n) is 2.35.